The molecule has 0 aliphatic carbocycles. The molecular formula is C24H30N6S. The predicted molar refractivity (Wildman–Crippen MR) is 128 cm³/mol. The van der Waals surface area contributed by atoms with Crippen LogP contribution in [0.15, 0.2) is 55.0 Å². The van der Waals surface area contributed by atoms with Crippen molar-refractivity contribution in [3.63, 3.8) is 0 Å². The van der Waals surface area contributed by atoms with E-state index >= 15 is 0 Å². The first-order valence-electron chi connectivity index (χ1n) is 10.6. The van der Waals surface area contributed by atoms with Crippen LogP contribution in [0.2, 0.25) is 0 Å². The largest absolute Gasteiger partial charge is 0.352 e. The maximum absolute atomic E-state index is 5.79. The number of rotatable bonds is 7. The molecule has 31 heavy (non-hydrogen) atoms. The summed E-state index contributed by atoms with van der Waals surface area (Å²) in [5, 5.41) is 4.35. The van der Waals surface area contributed by atoms with Crippen molar-refractivity contribution < 1.29 is 0 Å². The zero-order valence-electron chi connectivity index (χ0n) is 18.6. The number of nitrogens with zero attached hydrogens (tertiary/aromatic N) is 5. The van der Waals surface area contributed by atoms with E-state index in [9.17, 15) is 0 Å². The molecule has 6 nitrogen and oxygen atoms in total. The summed E-state index contributed by atoms with van der Waals surface area (Å²) in [7, 11) is 4.19. The van der Waals surface area contributed by atoms with Crippen LogP contribution in [-0.4, -0.2) is 56.6 Å². The van der Waals surface area contributed by atoms with Gasteiger partial charge in [-0.25, -0.2) is 0 Å². The highest BCUT2D eigenvalue weighted by molar-refractivity contribution is 7.80. The lowest BCUT2D eigenvalue weighted by atomic mass is 9.97. The summed E-state index contributed by atoms with van der Waals surface area (Å²) in [5.41, 5.74) is 6.07. The molecule has 1 saturated heterocycles. The molecule has 0 saturated carbocycles. The van der Waals surface area contributed by atoms with Crippen molar-refractivity contribution in [2.45, 2.75) is 32.5 Å². The summed E-state index contributed by atoms with van der Waals surface area (Å²) in [5.74, 6) is 0. The maximum Gasteiger partial charge on any atom is 0.170 e. The monoisotopic (exact) mass is 434 g/mol. The van der Waals surface area contributed by atoms with E-state index < -0.39 is 0 Å². The van der Waals surface area contributed by atoms with Crippen LogP contribution in [0.5, 0.6) is 0 Å². The molecule has 7 heteroatoms. The molecule has 0 bridgehead atoms. The van der Waals surface area contributed by atoms with Gasteiger partial charge in [-0.1, -0.05) is 6.07 Å². The van der Waals surface area contributed by atoms with Gasteiger partial charge in [-0.2, -0.15) is 0 Å². The third-order valence-electron chi connectivity index (χ3n) is 6.01. The highest BCUT2D eigenvalue weighted by Crippen LogP contribution is 2.40. The van der Waals surface area contributed by atoms with Crippen LogP contribution in [0.1, 0.15) is 40.3 Å². The van der Waals surface area contributed by atoms with E-state index in [1.165, 1.54) is 22.5 Å². The van der Waals surface area contributed by atoms with Gasteiger partial charge in [-0.3, -0.25) is 9.97 Å². The van der Waals surface area contributed by atoms with Gasteiger partial charge in [-0.15, -0.1) is 0 Å². The summed E-state index contributed by atoms with van der Waals surface area (Å²) < 4.78 is 2.38. The van der Waals surface area contributed by atoms with Crippen molar-refractivity contribution >= 4 is 17.3 Å². The van der Waals surface area contributed by atoms with E-state index in [0.29, 0.717) is 0 Å². The Labute approximate surface area is 189 Å². The Morgan fingerprint density at radius 2 is 1.87 bits per heavy atom. The summed E-state index contributed by atoms with van der Waals surface area (Å²) in [6.45, 7) is 7.02. The first kappa shape index (κ1) is 21.5. The molecule has 0 aromatic carbocycles. The second kappa shape index (κ2) is 9.16. The Hall–Kier alpha value is -2.77. The Morgan fingerprint density at radius 1 is 1.10 bits per heavy atom. The molecule has 2 atom stereocenters. The molecule has 0 amide bonds. The third-order valence-corrected chi connectivity index (χ3v) is 6.36. The minimum Gasteiger partial charge on any atom is -0.352 e. The lowest BCUT2D eigenvalue weighted by Gasteiger charge is -2.29. The van der Waals surface area contributed by atoms with Gasteiger partial charge in [0.2, 0.25) is 0 Å². The fourth-order valence-electron chi connectivity index (χ4n) is 4.33. The number of aromatic nitrogens is 3. The summed E-state index contributed by atoms with van der Waals surface area (Å²) in [6.07, 6.45) is 5.56. The summed E-state index contributed by atoms with van der Waals surface area (Å²) in [4.78, 5) is 13.3. The summed E-state index contributed by atoms with van der Waals surface area (Å²) >= 11 is 5.79. The van der Waals surface area contributed by atoms with Crippen LogP contribution in [-0.2, 0) is 6.54 Å². The zero-order valence-corrected chi connectivity index (χ0v) is 19.4. The van der Waals surface area contributed by atoms with E-state index in [2.05, 4.69) is 81.9 Å². The summed E-state index contributed by atoms with van der Waals surface area (Å²) in [6, 6.07) is 12.7. The lowest BCUT2D eigenvalue weighted by molar-refractivity contribution is 0.277. The van der Waals surface area contributed by atoms with E-state index in [1.54, 1.807) is 0 Å². The van der Waals surface area contributed by atoms with E-state index in [-0.39, 0.29) is 12.1 Å². The second-order valence-electron chi connectivity index (χ2n) is 8.39. The number of hydrogen-bond donors (Lipinski definition) is 1. The lowest BCUT2D eigenvalue weighted by Crippen LogP contribution is -2.35. The first-order chi connectivity index (χ1) is 15.0. The van der Waals surface area contributed by atoms with Crippen molar-refractivity contribution in [2.75, 3.05) is 27.2 Å². The number of hydrogen-bond acceptors (Lipinski definition) is 4. The molecule has 1 N–H and O–H groups in total. The van der Waals surface area contributed by atoms with Crippen molar-refractivity contribution in [1.29, 1.82) is 0 Å². The standard InChI is InChI=1S/C24H30N6S/c1-17-15-20(18(2)30(17)16-19-8-11-25-12-9-19)23-22(21-7-5-6-10-26-21)27-24(31)29(23)14-13-28(3)4/h5-12,15,22-23H,13-14,16H2,1-4H3,(H,27,31)/t22-,23-/m0/s1. The molecule has 4 heterocycles. The molecule has 4 rings (SSSR count). The second-order valence-corrected chi connectivity index (χ2v) is 8.78. The topological polar surface area (TPSA) is 49.2 Å². The SMILES string of the molecule is Cc1cc([C@H]2[C@H](c3ccccn3)NC(=S)N2CCN(C)C)c(C)n1Cc1ccncc1. The Kier molecular flexibility index (Phi) is 6.34. The van der Waals surface area contributed by atoms with Crippen LogP contribution < -0.4 is 5.32 Å². The van der Waals surface area contributed by atoms with Gasteiger partial charge < -0.3 is 19.7 Å². The minimum atomic E-state index is 0.0192. The van der Waals surface area contributed by atoms with Gasteiger partial charge in [-0.05, 0) is 81.6 Å². The Morgan fingerprint density at radius 3 is 2.55 bits per heavy atom. The molecular weight excluding hydrogens is 404 g/mol. The van der Waals surface area contributed by atoms with Gasteiger partial charge in [0.15, 0.2) is 5.11 Å². The molecule has 1 fully saturated rings. The van der Waals surface area contributed by atoms with Gasteiger partial charge in [0.1, 0.15) is 0 Å². The Bertz CT molecular complexity index is 1030. The highest BCUT2D eigenvalue weighted by atomic mass is 32.1. The van der Waals surface area contributed by atoms with E-state index in [1.807, 2.05) is 30.7 Å². The van der Waals surface area contributed by atoms with Gasteiger partial charge >= 0.3 is 0 Å². The van der Waals surface area contributed by atoms with E-state index in [0.717, 1.165) is 30.4 Å². The fourth-order valence-corrected chi connectivity index (χ4v) is 4.67. The van der Waals surface area contributed by atoms with E-state index in [4.69, 9.17) is 12.2 Å². The molecule has 162 valence electrons. The highest BCUT2D eigenvalue weighted by Gasteiger charge is 2.41. The third kappa shape index (κ3) is 4.48. The number of likely N-dealkylation sites (N-methyl/N-ethyl adjacent to an activating group) is 1. The van der Waals surface area contributed by atoms with Crippen LogP contribution >= 0.6 is 12.2 Å². The number of aryl methyl sites for hydroxylation is 1. The first-order valence-corrected chi connectivity index (χ1v) is 11.0. The average molecular weight is 435 g/mol. The van der Waals surface area contributed by atoms with Crippen molar-refractivity contribution in [1.82, 2.24) is 29.7 Å². The molecule has 3 aromatic heterocycles. The average Bonchev–Trinajstić information content (AvgIpc) is 3.24. The van der Waals surface area contributed by atoms with Crippen molar-refractivity contribution in [2.24, 2.45) is 0 Å². The quantitative estimate of drug-likeness (QED) is 0.575. The number of pyridine rings is 2. The Balaban J connectivity index is 1.73. The molecule has 1 aliphatic heterocycles. The van der Waals surface area contributed by atoms with Crippen LogP contribution in [0.4, 0.5) is 0 Å². The van der Waals surface area contributed by atoms with Crippen LogP contribution in [0, 0.1) is 13.8 Å². The molecule has 3 aromatic rings. The molecule has 0 radical (unpaired) electrons. The van der Waals surface area contributed by atoms with Crippen molar-refractivity contribution in [3.8, 4) is 0 Å². The number of thiocarbonyl (C=S) groups is 1. The minimum absolute atomic E-state index is 0.0192. The predicted octanol–water partition coefficient (Wildman–Crippen LogP) is 3.48. The van der Waals surface area contributed by atoms with Gasteiger partial charge in [0.05, 0.1) is 17.8 Å². The molecule has 0 spiro atoms. The van der Waals surface area contributed by atoms with Crippen LogP contribution in [0.25, 0.3) is 0 Å². The fraction of sp³-hybridized carbons (Fsp3) is 0.375. The number of nitrogens with one attached hydrogen (secondary N) is 1. The normalized spacial score (nSPS) is 18.6. The molecule has 1 aliphatic rings. The van der Waals surface area contributed by atoms with Crippen molar-refractivity contribution in [3.05, 3.63) is 83.2 Å². The van der Waals surface area contributed by atoms with Gasteiger partial charge in [0.25, 0.3) is 0 Å². The maximum atomic E-state index is 5.79. The smallest absolute Gasteiger partial charge is 0.170 e. The van der Waals surface area contributed by atoms with Gasteiger partial charge in [0, 0.05) is 49.6 Å². The molecule has 0 unspecified atom stereocenters. The van der Waals surface area contributed by atoms with Crippen LogP contribution in [0.3, 0.4) is 0 Å². The zero-order chi connectivity index (χ0) is 22.0.